The second-order valence-electron chi connectivity index (χ2n) is 6.35. The molecule has 0 aromatic heterocycles. The minimum absolute atomic E-state index is 0.298. The van der Waals surface area contributed by atoms with Gasteiger partial charge in [0.2, 0.25) is 0 Å². The molecule has 0 amide bonds. The van der Waals surface area contributed by atoms with E-state index < -0.39 is 11.5 Å². The molecular formula is C19H29NO3. The van der Waals surface area contributed by atoms with E-state index >= 15 is 0 Å². The van der Waals surface area contributed by atoms with Crippen LogP contribution >= 0.6 is 0 Å². The minimum Gasteiger partial charge on any atom is -0.464 e. The van der Waals surface area contributed by atoms with Gasteiger partial charge in [-0.3, -0.25) is 4.79 Å². The van der Waals surface area contributed by atoms with Crippen molar-refractivity contribution in [1.82, 2.24) is 4.90 Å². The van der Waals surface area contributed by atoms with Crippen LogP contribution in [-0.4, -0.2) is 47.8 Å². The van der Waals surface area contributed by atoms with E-state index in [9.17, 15) is 9.90 Å². The van der Waals surface area contributed by atoms with Crippen LogP contribution in [0.5, 0.6) is 0 Å². The zero-order valence-electron chi connectivity index (χ0n) is 14.3. The molecule has 128 valence electrons. The summed E-state index contributed by atoms with van der Waals surface area (Å²) in [5, 5.41) is 11.0. The topological polar surface area (TPSA) is 49.8 Å². The summed E-state index contributed by atoms with van der Waals surface area (Å²) in [6, 6.07) is 9.55. The summed E-state index contributed by atoms with van der Waals surface area (Å²) in [6.45, 7) is 7.19. The van der Waals surface area contributed by atoms with Crippen LogP contribution in [0.4, 0.5) is 0 Å². The average Bonchev–Trinajstić information content (AvgIpc) is 3.00. The molecule has 1 unspecified atom stereocenters. The third kappa shape index (κ3) is 4.55. The van der Waals surface area contributed by atoms with Gasteiger partial charge in [0.15, 0.2) is 0 Å². The van der Waals surface area contributed by atoms with E-state index in [1.54, 1.807) is 0 Å². The fourth-order valence-corrected chi connectivity index (χ4v) is 3.49. The standard InChI is InChI=1S/C19H29NO3/c1-3-20(4-2)14-15-23-18(21)17(16-10-6-5-7-11-16)19(22)12-8-9-13-19/h5-7,10-11,17,22H,3-4,8-9,12-15H2,1-2H3. The van der Waals surface area contributed by atoms with Gasteiger partial charge in [-0.05, 0) is 31.5 Å². The molecule has 1 aromatic rings. The molecule has 4 heteroatoms. The first-order valence-electron chi connectivity index (χ1n) is 8.77. The lowest BCUT2D eigenvalue weighted by Crippen LogP contribution is -2.39. The molecule has 23 heavy (non-hydrogen) atoms. The highest BCUT2D eigenvalue weighted by molar-refractivity contribution is 5.80. The lowest BCUT2D eigenvalue weighted by Gasteiger charge is -2.31. The van der Waals surface area contributed by atoms with Crippen molar-refractivity contribution in [2.45, 2.75) is 51.0 Å². The Morgan fingerprint density at radius 2 is 1.83 bits per heavy atom. The Labute approximate surface area is 139 Å². The largest absolute Gasteiger partial charge is 0.464 e. The zero-order valence-corrected chi connectivity index (χ0v) is 14.3. The van der Waals surface area contributed by atoms with E-state index in [0.29, 0.717) is 19.4 Å². The van der Waals surface area contributed by atoms with E-state index in [1.165, 1.54) is 0 Å². The number of hydrogen-bond donors (Lipinski definition) is 1. The highest BCUT2D eigenvalue weighted by Gasteiger charge is 2.45. The van der Waals surface area contributed by atoms with Crippen LogP contribution in [-0.2, 0) is 9.53 Å². The molecule has 0 radical (unpaired) electrons. The lowest BCUT2D eigenvalue weighted by molar-refractivity contribution is -0.153. The number of nitrogens with zero attached hydrogens (tertiary/aromatic N) is 1. The van der Waals surface area contributed by atoms with Crippen molar-refractivity contribution in [3.63, 3.8) is 0 Å². The first kappa shape index (κ1) is 18.0. The number of carbonyl (C=O) groups excluding carboxylic acids is 1. The first-order valence-corrected chi connectivity index (χ1v) is 8.77. The minimum atomic E-state index is -0.965. The Bertz CT molecular complexity index is 479. The molecule has 1 fully saturated rings. The number of carbonyl (C=O) groups is 1. The Balaban J connectivity index is 2.06. The first-order chi connectivity index (χ1) is 11.1. The Morgan fingerprint density at radius 3 is 2.39 bits per heavy atom. The van der Waals surface area contributed by atoms with Crippen molar-refractivity contribution in [2.75, 3.05) is 26.2 Å². The summed E-state index contributed by atoms with van der Waals surface area (Å²) in [4.78, 5) is 14.9. The van der Waals surface area contributed by atoms with Crippen molar-refractivity contribution in [2.24, 2.45) is 0 Å². The van der Waals surface area contributed by atoms with E-state index in [2.05, 4.69) is 18.7 Å². The highest BCUT2D eigenvalue weighted by Crippen LogP contribution is 2.41. The van der Waals surface area contributed by atoms with Crippen LogP contribution in [0.15, 0.2) is 30.3 Å². The molecule has 4 nitrogen and oxygen atoms in total. The van der Waals surface area contributed by atoms with E-state index in [4.69, 9.17) is 4.74 Å². The van der Waals surface area contributed by atoms with Gasteiger partial charge in [-0.25, -0.2) is 0 Å². The SMILES string of the molecule is CCN(CC)CCOC(=O)C(c1ccccc1)C1(O)CCCC1. The predicted octanol–water partition coefficient (Wildman–Crippen LogP) is 2.96. The van der Waals surface area contributed by atoms with Gasteiger partial charge in [0.1, 0.15) is 12.5 Å². The molecule has 0 heterocycles. The molecule has 1 aliphatic carbocycles. The van der Waals surface area contributed by atoms with E-state index in [0.717, 1.165) is 38.0 Å². The van der Waals surface area contributed by atoms with Crippen molar-refractivity contribution < 1.29 is 14.6 Å². The fourth-order valence-electron chi connectivity index (χ4n) is 3.49. The van der Waals surface area contributed by atoms with Crippen molar-refractivity contribution in [3.05, 3.63) is 35.9 Å². The second-order valence-corrected chi connectivity index (χ2v) is 6.35. The molecule has 0 spiro atoms. The summed E-state index contributed by atoms with van der Waals surface area (Å²) >= 11 is 0. The molecular weight excluding hydrogens is 290 g/mol. The van der Waals surface area contributed by atoms with Crippen LogP contribution in [0.25, 0.3) is 0 Å². The van der Waals surface area contributed by atoms with Crippen LogP contribution in [0.2, 0.25) is 0 Å². The Hall–Kier alpha value is -1.39. The maximum atomic E-state index is 12.7. The summed E-state index contributed by atoms with van der Waals surface area (Å²) in [5.74, 6) is -0.879. The molecule has 1 saturated carbocycles. The highest BCUT2D eigenvalue weighted by atomic mass is 16.5. The maximum Gasteiger partial charge on any atom is 0.316 e. The number of benzene rings is 1. The molecule has 1 aromatic carbocycles. The number of hydrogen-bond acceptors (Lipinski definition) is 4. The number of rotatable bonds is 8. The van der Waals surface area contributed by atoms with E-state index in [1.807, 2.05) is 30.3 Å². The smallest absolute Gasteiger partial charge is 0.316 e. The average molecular weight is 319 g/mol. The number of esters is 1. The molecule has 1 aliphatic rings. The third-order valence-electron chi connectivity index (χ3n) is 4.92. The molecule has 2 rings (SSSR count). The third-order valence-corrected chi connectivity index (χ3v) is 4.92. The van der Waals surface area contributed by atoms with Crippen LogP contribution in [0.1, 0.15) is 51.0 Å². The maximum absolute atomic E-state index is 12.7. The van der Waals surface area contributed by atoms with Crippen molar-refractivity contribution >= 4 is 5.97 Å². The summed E-state index contributed by atoms with van der Waals surface area (Å²) < 4.78 is 5.53. The van der Waals surface area contributed by atoms with E-state index in [-0.39, 0.29) is 5.97 Å². The monoisotopic (exact) mass is 319 g/mol. The van der Waals surface area contributed by atoms with Gasteiger partial charge in [-0.2, -0.15) is 0 Å². The van der Waals surface area contributed by atoms with Gasteiger partial charge < -0.3 is 14.7 Å². The fraction of sp³-hybridized carbons (Fsp3) is 0.632. The molecule has 1 atom stereocenters. The number of ether oxygens (including phenoxy) is 1. The van der Waals surface area contributed by atoms with Crippen LogP contribution in [0, 0.1) is 0 Å². The molecule has 0 saturated heterocycles. The Morgan fingerprint density at radius 1 is 1.22 bits per heavy atom. The van der Waals surface area contributed by atoms with Gasteiger partial charge in [0.25, 0.3) is 0 Å². The van der Waals surface area contributed by atoms with Gasteiger partial charge in [-0.15, -0.1) is 0 Å². The van der Waals surface area contributed by atoms with Gasteiger partial charge >= 0.3 is 5.97 Å². The quantitative estimate of drug-likeness (QED) is 0.749. The van der Waals surface area contributed by atoms with Crippen molar-refractivity contribution in [3.8, 4) is 0 Å². The normalized spacial score (nSPS) is 18.1. The van der Waals surface area contributed by atoms with Crippen LogP contribution < -0.4 is 0 Å². The number of aliphatic hydroxyl groups is 1. The Kier molecular flexibility index (Phi) is 6.60. The van der Waals surface area contributed by atoms with Gasteiger partial charge in [0.05, 0.1) is 5.60 Å². The summed E-state index contributed by atoms with van der Waals surface area (Å²) in [7, 11) is 0. The molecule has 1 N–H and O–H groups in total. The molecule has 0 aliphatic heterocycles. The summed E-state index contributed by atoms with van der Waals surface area (Å²) in [5.41, 5.74) is -0.113. The lowest BCUT2D eigenvalue weighted by atomic mass is 9.81. The zero-order chi connectivity index (χ0) is 16.7. The van der Waals surface area contributed by atoms with Crippen molar-refractivity contribution in [1.29, 1.82) is 0 Å². The second kappa shape index (κ2) is 8.46. The van der Waals surface area contributed by atoms with Crippen LogP contribution in [0.3, 0.4) is 0 Å². The van der Waals surface area contributed by atoms with Gasteiger partial charge in [-0.1, -0.05) is 57.0 Å². The van der Waals surface area contributed by atoms with Gasteiger partial charge in [0, 0.05) is 6.54 Å². The number of likely N-dealkylation sites (N-methyl/N-ethyl adjacent to an activating group) is 1. The summed E-state index contributed by atoms with van der Waals surface area (Å²) in [6.07, 6.45) is 3.26. The molecule has 0 bridgehead atoms. The predicted molar refractivity (Wildman–Crippen MR) is 91.3 cm³/mol.